The van der Waals surface area contributed by atoms with E-state index in [1.807, 2.05) is 0 Å². The van der Waals surface area contributed by atoms with E-state index in [4.69, 9.17) is 9.52 Å². The van der Waals surface area contributed by atoms with Crippen molar-refractivity contribution in [3.05, 3.63) is 51.9 Å². The summed E-state index contributed by atoms with van der Waals surface area (Å²) in [6, 6.07) is 7.36. The van der Waals surface area contributed by atoms with Crippen molar-refractivity contribution in [3.8, 4) is 0 Å². The van der Waals surface area contributed by atoms with Crippen LogP contribution >= 0.6 is 15.9 Å². The van der Waals surface area contributed by atoms with Crippen LogP contribution in [0.15, 0.2) is 44.1 Å². The maximum atomic E-state index is 12.1. The summed E-state index contributed by atoms with van der Waals surface area (Å²) in [5.41, 5.74) is 0.795. The average molecular weight is 374 g/mol. The maximum Gasteiger partial charge on any atom is 0.371 e. The smallest absolute Gasteiger partial charge is 0.371 e. The largest absolute Gasteiger partial charge is 0.475 e. The Morgan fingerprint density at radius 1 is 1.33 bits per heavy atom. The van der Waals surface area contributed by atoms with E-state index in [1.165, 1.54) is 24.3 Å². The van der Waals surface area contributed by atoms with Crippen LogP contribution in [-0.4, -0.2) is 19.5 Å². The molecule has 112 valence electrons. The molecule has 2 rings (SSSR count). The molecule has 0 aliphatic heterocycles. The molecule has 0 spiro atoms. The number of carboxylic acid groups (broad SMARTS) is 1. The Morgan fingerprint density at radius 3 is 2.62 bits per heavy atom. The van der Waals surface area contributed by atoms with Crippen LogP contribution in [0.3, 0.4) is 0 Å². The quantitative estimate of drug-likeness (QED) is 0.839. The minimum Gasteiger partial charge on any atom is -0.475 e. The lowest BCUT2D eigenvalue weighted by Gasteiger charge is -2.07. The molecule has 1 aromatic heterocycles. The minimum absolute atomic E-state index is 0.120. The normalized spacial score (nSPS) is 11.5. The Balaban J connectivity index is 2.13. The first-order valence-electron chi connectivity index (χ1n) is 5.87. The summed E-state index contributed by atoms with van der Waals surface area (Å²) in [5, 5.41) is 8.72. The molecule has 21 heavy (non-hydrogen) atoms. The van der Waals surface area contributed by atoms with E-state index in [2.05, 4.69) is 20.7 Å². The van der Waals surface area contributed by atoms with Crippen molar-refractivity contribution in [1.29, 1.82) is 0 Å². The number of carbonyl (C=O) groups is 1. The van der Waals surface area contributed by atoms with Crippen molar-refractivity contribution < 1.29 is 22.7 Å². The van der Waals surface area contributed by atoms with Gasteiger partial charge in [-0.1, -0.05) is 15.9 Å². The summed E-state index contributed by atoms with van der Waals surface area (Å²) in [5.74, 6) is -1.21. The minimum atomic E-state index is -3.69. The maximum absolute atomic E-state index is 12.1. The third-order valence-electron chi connectivity index (χ3n) is 2.75. The fraction of sp³-hybridized carbons (Fsp3) is 0.154. The molecule has 0 bridgehead atoms. The summed E-state index contributed by atoms with van der Waals surface area (Å²) in [4.78, 5) is 10.8. The van der Waals surface area contributed by atoms with Crippen LogP contribution < -0.4 is 4.72 Å². The van der Waals surface area contributed by atoms with Crippen molar-refractivity contribution in [2.24, 2.45) is 0 Å². The van der Waals surface area contributed by atoms with Gasteiger partial charge in [0.15, 0.2) is 0 Å². The third kappa shape index (κ3) is 3.72. The Bertz CT molecular complexity index is 782. The summed E-state index contributed by atoms with van der Waals surface area (Å²) < 4.78 is 32.4. The lowest BCUT2D eigenvalue weighted by molar-refractivity contribution is 0.0660. The summed E-state index contributed by atoms with van der Waals surface area (Å²) in [6.07, 6.45) is 0. The van der Waals surface area contributed by atoms with E-state index in [1.54, 1.807) is 13.0 Å². The van der Waals surface area contributed by atoms with Crippen LogP contribution in [-0.2, 0) is 16.6 Å². The number of carboxylic acids is 1. The number of hydrogen-bond donors (Lipinski definition) is 2. The van der Waals surface area contributed by atoms with E-state index in [-0.39, 0.29) is 23.0 Å². The van der Waals surface area contributed by atoms with Gasteiger partial charge >= 0.3 is 5.97 Å². The first-order chi connectivity index (χ1) is 9.79. The molecule has 0 atom stereocenters. The first kappa shape index (κ1) is 15.7. The molecule has 1 aromatic carbocycles. The van der Waals surface area contributed by atoms with E-state index in [0.717, 1.165) is 10.0 Å². The highest BCUT2D eigenvalue weighted by molar-refractivity contribution is 9.10. The van der Waals surface area contributed by atoms with Crippen molar-refractivity contribution in [3.63, 3.8) is 0 Å². The van der Waals surface area contributed by atoms with Crippen LogP contribution in [0.2, 0.25) is 0 Å². The Hall–Kier alpha value is -1.64. The van der Waals surface area contributed by atoms with Gasteiger partial charge in [-0.3, -0.25) is 0 Å². The molecule has 8 heteroatoms. The number of sulfonamides is 1. The molecule has 2 N–H and O–H groups in total. The van der Waals surface area contributed by atoms with Crippen LogP contribution in [0.5, 0.6) is 0 Å². The number of rotatable bonds is 5. The van der Waals surface area contributed by atoms with Crippen LogP contribution in [0, 0.1) is 6.92 Å². The van der Waals surface area contributed by atoms with Gasteiger partial charge in [-0.05, 0) is 42.8 Å². The van der Waals surface area contributed by atoms with Gasteiger partial charge in [-0.25, -0.2) is 17.9 Å². The van der Waals surface area contributed by atoms with Gasteiger partial charge in [-0.2, -0.15) is 0 Å². The molecule has 2 aromatic rings. The second kappa shape index (κ2) is 6.00. The Labute approximate surface area is 130 Å². The van der Waals surface area contributed by atoms with Gasteiger partial charge in [0.1, 0.15) is 5.76 Å². The molecule has 6 nitrogen and oxygen atoms in total. The van der Waals surface area contributed by atoms with E-state index in [0.29, 0.717) is 0 Å². The van der Waals surface area contributed by atoms with E-state index in [9.17, 15) is 13.2 Å². The second-order valence-corrected chi connectivity index (χ2v) is 6.93. The molecule has 0 saturated carbocycles. The predicted molar refractivity (Wildman–Crippen MR) is 78.6 cm³/mol. The van der Waals surface area contributed by atoms with Gasteiger partial charge < -0.3 is 9.52 Å². The molecule has 0 radical (unpaired) electrons. The van der Waals surface area contributed by atoms with Gasteiger partial charge in [0, 0.05) is 4.47 Å². The molecule has 0 amide bonds. The van der Waals surface area contributed by atoms with Crippen molar-refractivity contribution in [1.82, 2.24) is 4.72 Å². The zero-order valence-corrected chi connectivity index (χ0v) is 13.4. The van der Waals surface area contributed by atoms with Crippen molar-refractivity contribution >= 4 is 31.9 Å². The molecule has 0 aliphatic rings. The number of nitrogens with one attached hydrogen (secondary N) is 1. The lowest BCUT2D eigenvalue weighted by atomic mass is 10.2. The summed E-state index contributed by atoms with van der Waals surface area (Å²) in [7, 11) is -3.69. The Morgan fingerprint density at radius 2 is 2.05 bits per heavy atom. The molecule has 0 aliphatic carbocycles. The number of halogens is 1. The van der Waals surface area contributed by atoms with E-state index >= 15 is 0 Å². The standard InChI is InChI=1S/C13H12BrNO5S/c1-8-6-10(3-4-11(8)14)21(18,19)15-7-9-2-5-12(20-9)13(16)17/h2-6,15H,7H2,1H3,(H,16,17). The fourth-order valence-electron chi connectivity index (χ4n) is 1.62. The molecular weight excluding hydrogens is 362 g/mol. The number of aryl methyl sites for hydroxylation is 1. The Kier molecular flexibility index (Phi) is 4.50. The highest BCUT2D eigenvalue weighted by Crippen LogP contribution is 2.20. The van der Waals surface area contributed by atoms with Crippen LogP contribution in [0.4, 0.5) is 0 Å². The van der Waals surface area contributed by atoms with E-state index < -0.39 is 16.0 Å². The monoisotopic (exact) mass is 373 g/mol. The van der Waals surface area contributed by atoms with Gasteiger partial charge in [-0.15, -0.1) is 0 Å². The molecule has 1 heterocycles. The number of aromatic carboxylic acids is 1. The van der Waals surface area contributed by atoms with Crippen molar-refractivity contribution in [2.45, 2.75) is 18.4 Å². The van der Waals surface area contributed by atoms with Crippen molar-refractivity contribution in [2.75, 3.05) is 0 Å². The fourth-order valence-corrected chi connectivity index (χ4v) is 2.95. The number of benzene rings is 1. The SMILES string of the molecule is Cc1cc(S(=O)(=O)NCc2ccc(C(=O)O)o2)ccc1Br. The van der Waals surface area contributed by atoms with Gasteiger partial charge in [0.25, 0.3) is 0 Å². The number of furan rings is 1. The summed E-state index contributed by atoms with van der Waals surface area (Å²) in [6.45, 7) is 1.67. The molecule has 0 unspecified atom stereocenters. The van der Waals surface area contributed by atoms with Crippen LogP contribution in [0.1, 0.15) is 21.9 Å². The van der Waals surface area contributed by atoms with Gasteiger partial charge in [0.2, 0.25) is 15.8 Å². The first-order valence-corrected chi connectivity index (χ1v) is 8.15. The van der Waals surface area contributed by atoms with Crippen LogP contribution in [0.25, 0.3) is 0 Å². The topological polar surface area (TPSA) is 96.6 Å². The third-order valence-corrected chi connectivity index (χ3v) is 5.04. The molecule has 0 saturated heterocycles. The highest BCUT2D eigenvalue weighted by atomic mass is 79.9. The summed E-state index contributed by atoms with van der Waals surface area (Å²) >= 11 is 3.30. The molecular formula is C13H12BrNO5S. The second-order valence-electron chi connectivity index (χ2n) is 4.31. The average Bonchev–Trinajstić information content (AvgIpc) is 2.89. The zero-order valence-electron chi connectivity index (χ0n) is 11.0. The predicted octanol–water partition coefficient (Wildman–Crippen LogP) is 2.53. The zero-order chi connectivity index (χ0) is 15.6. The van der Waals surface area contributed by atoms with Gasteiger partial charge in [0.05, 0.1) is 11.4 Å². The lowest BCUT2D eigenvalue weighted by Crippen LogP contribution is -2.23. The molecule has 0 fully saturated rings. The highest BCUT2D eigenvalue weighted by Gasteiger charge is 2.16. The number of hydrogen-bond acceptors (Lipinski definition) is 4.